The lowest BCUT2D eigenvalue weighted by atomic mass is 9.62. The second-order valence-corrected chi connectivity index (χ2v) is 11.1. The summed E-state index contributed by atoms with van der Waals surface area (Å²) in [5.74, 6) is -1.21. The molecule has 1 aromatic carbocycles. The molecule has 0 radical (unpaired) electrons. The van der Waals surface area contributed by atoms with Crippen LogP contribution in [0.3, 0.4) is 0 Å². The first-order valence-electron chi connectivity index (χ1n) is 11.8. The molecule has 200 valence electrons. The highest BCUT2D eigenvalue weighted by atomic mass is 32.1. The first-order valence-corrected chi connectivity index (χ1v) is 12.6. The summed E-state index contributed by atoms with van der Waals surface area (Å²) in [6, 6.07) is 4.47. The van der Waals surface area contributed by atoms with E-state index in [1.165, 1.54) is 16.2 Å². The highest BCUT2D eigenvalue weighted by Gasteiger charge is 2.55. The minimum atomic E-state index is -4.65. The van der Waals surface area contributed by atoms with Crippen LogP contribution in [0.4, 0.5) is 18.0 Å². The number of halogens is 3. The largest absolute Gasteiger partial charge is 0.490 e. The van der Waals surface area contributed by atoms with E-state index < -0.39 is 30.0 Å². The van der Waals surface area contributed by atoms with Crippen molar-refractivity contribution in [2.75, 3.05) is 13.1 Å². The lowest BCUT2D eigenvalue weighted by Gasteiger charge is -2.57. The molecule has 2 aromatic heterocycles. The fourth-order valence-corrected chi connectivity index (χ4v) is 5.57. The average Bonchev–Trinajstić information content (AvgIpc) is 3.25. The summed E-state index contributed by atoms with van der Waals surface area (Å²) >= 11 is 1.47. The van der Waals surface area contributed by atoms with Gasteiger partial charge in [0.1, 0.15) is 16.9 Å². The summed E-state index contributed by atoms with van der Waals surface area (Å²) in [5, 5.41) is 12.6. The minimum Gasteiger partial charge on any atom is -0.490 e. The molecule has 2 amide bonds. The number of rotatable bonds is 6. The van der Waals surface area contributed by atoms with Crippen molar-refractivity contribution in [3.63, 3.8) is 0 Å². The van der Waals surface area contributed by atoms with Gasteiger partial charge in [-0.15, -0.1) is 11.3 Å². The van der Waals surface area contributed by atoms with Gasteiger partial charge < -0.3 is 20.1 Å². The third-order valence-corrected chi connectivity index (χ3v) is 7.72. The number of nitrogens with zero attached hydrogens (tertiary/aromatic N) is 4. The number of carboxylic acid groups (broad SMARTS) is 1. The van der Waals surface area contributed by atoms with Crippen LogP contribution in [-0.4, -0.2) is 56.2 Å². The first-order chi connectivity index (χ1) is 17.9. The molecule has 1 atom stereocenters. The van der Waals surface area contributed by atoms with Crippen molar-refractivity contribution in [1.29, 1.82) is 0 Å². The maximum Gasteiger partial charge on any atom is 0.451 e. The quantitative estimate of drug-likeness (QED) is 0.449. The molecule has 2 aliphatic rings. The van der Waals surface area contributed by atoms with Crippen LogP contribution in [-0.2, 0) is 6.18 Å². The van der Waals surface area contributed by atoms with Gasteiger partial charge in [0.15, 0.2) is 0 Å². The number of aryl methyl sites for hydroxylation is 1. The van der Waals surface area contributed by atoms with Gasteiger partial charge in [-0.25, -0.2) is 19.7 Å². The van der Waals surface area contributed by atoms with E-state index in [1.807, 2.05) is 13.0 Å². The zero-order valence-corrected chi connectivity index (χ0v) is 21.3. The number of hydrogen-bond donors (Lipinski definition) is 2. The summed E-state index contributed by atoms with van der Waals surface area (Å²) in [6.45, 7) is 4.55. The van der Waals surface area contributed by atoms with Crippen LogP contribution in [0.1, 0.15) is 52.4 Å². The van der Waals surface area contributed by atoms with Gasteiger partial charge in [-0.2, -0.15) is 13.2 Å². The van der Waals surface area contributed by atoms with E-state index in [-0.39, 0.29) is 11.5 Å². The number of hydrogen-bond acceptors (Lipinski definition) is 7. The Morgan fingerprint density at radius 2 is 1.84 bits per heavy atom. The molecule has 2 N–H and O–H groups in total. The minimum absolute atomic E-state index is 0.0353. The number of carbonyl (C=O) groups excluding carboxylic acids is 1. The van der Waals surface area contributed by atoms with E-state index in [2.05, 4.69) is 20.3 Å². The molecule has 1 saturated heterocycles. The van der Waals surface area contributed by atoms with Gasteiger partial charge in [-0.05, 0) is 44.9 Å². The lowest BCUT2D eigenvalue weighted by Crippen LogP contribution is -2.65. The first kappa shape index (κ1) is 25.9. The Balaban J connectivity index is 1.31. The standard InChI is InChI=1S/C25H24F3N5O4S/c1-13-8-29-21(38-13)16-3-15(20(34)32-14(2)17-9-30-22(31-10-17)25(26,27)28)4-18(5-16)37-19-6-24(7-19)11-33(12-24)23(35)36/h3-5,8-10,14,19H,6-7,11-12H2,1-2H3,(H,32,34)(H,35,36). The Morgan fingerprint density at radius 1 is 1.16 bits per heavy atom. The molecule has 13 heteroatoms. The predicted octanol–water partition coefficient (Wildman–Crippen LogP) is 4.94. The molecule has 1 unspecified atom stereocenters. The van der Waals surface area contributed by atoms with Gasteiger partial charge in [0, 0.05) is 58.7 Å². The van der Waals surface area contributed by atoms with Crippen molar-refractivity contribution in [1.82, 2.24) is 25.2 Å². The lowest BCUT2D eigenvalue weighted by molar-refractivity contribution is -0.145. The second-order valence-electron chi connectivity index (χ2n) is 9.84. The van der Waals surface area contributed by atoms with Crippen LogP contribution >= 0.6 is 11.3 Å². The third-order valence-electron chi connectivity index (χ3n) is 6.76. The maximum atomic E-state index is 13.2. The molecule has 3 aromatic rings. The smallest absolute Gasteiger partial charge is 0.451 e. The van der Waals surface area contributed by atoms with Gasteiger partial charge in [-0.1, -0.05) is 0 Å². The topological polar surface area (TPSA) is 118 Å². The van der Waals surface area contributed by atoms with Gasteiger partial charge in [0.25, 0.3) is 5.91 Å². The van der Waals surface area contributed by atoms with E-state index in [1.54, 1.807) is 25.3 Å². The van der Waals surface area contributed by atoms with Gasteiger partial charge in [0.2, 0.25) is 5.82 Å². The van der Waals surface area contributed by atoms with Crippen LogP contribution in [0.15, 0.2) is 36.8 Å². The fourth-order valence-electron chi connectivity index (χ4n) is 4.82. The van der Waals surface area contributed by atoms with Crippen LogP contribution in [0.25, 0.3) is 10.6 Å². The van der Waals surface area contributed by atoms with Gasteiger partial charge >= 0.3 is 12.3 Å². The number of alkyl halides is 3. The number of likely N-dealkylation sites (tertiary alicyclic amines) is 1. The zero-order chi connectivity index (χ0) is 27.2. The predicted molar refractivity (Wildman–Crippen MR) is 131 cm³/mol. The Bertz CT molecular complexity index is 1360. The molecule has 38 heavy (non-hydrogen) atoms. The van der Waals surface area contributed by atoms with Crippen molar-refractivity contribution < 1.29 is 32.6 Å². The van der Waals surface area contributed by atoms with Crippen LogP contribution in [0, 0.1) is 12.3 Å². The van der Waals surface area contributed by atoms with Crippen molar-refractivity contribution in [2.45, 2.75) is 45.0 Å². The second kappa shape index (κ2) is 9.53. The van der Waals surface area contributed by atoms with Crippen LogP contribution in [0.2, 0.25) is 0 Å². The van der Waals surface area contributed by atoms with Gasteiger partial charge in [-0.3, -0.25) is 4.79 Å². The molecular weight excluding hydrogens is 523 g/mol. The maximum absolute atomic E-state index is 13.2. The molecule has 1 aliphatic heterocycles. The summed E-state index contributed by atoms with van der Waals surface area (Å²) in [5.41, 5.74) is 1.29. The molecule has 1 aliphatic carbocycles. The summed E-state index contributed by atoms with van der Waals surface area (Å²) in [6.07, 6.45) is -0.388. The molecule has 9 nitrogen and oxygen atoms in total. The Kier molecular flexibility index (Phi) is 6.49. The molecule has 1 saturated carbocycles. The Hall–Kier alpha value is -3.74. The van der Waals surface area contributed by atoms with Crippen LogP contribution in [0.5, 0.6) is 5.75 Å². The highest BCUT2D eigenvalue weighted by molar-refractivity contribution is 7.14. The summed E-state index contributed by atoms with van der Waals surface area (Å²) in [4.78, 5) is 37.7. The number of amides is 2. The molecule has 2 fully saturated rings. The highest BCUT2D eigenvalue weighted by Crippen LogP contribution is 2.49. The molecule has 0 bridgehead atoms. The third kappa shape index (κ3) is 5.28. The fraction of sp³-hybridized carbons (Fsp3) is 0.400. The summed E-state index contributed by atoms with van der Waals surface area (Å²) in [7, 11) is 0. The van der Waals surface area contributed by atoms with E-state index in [0.29, 0.717) is 40.5 Å². The number of ether oxygens (including phenoxy) is 1. The summed E-state index contributed by atoms with van der Waals surface area (Å²) < 4.78 is 44.5. The normalized spacial score (nSPS) is 17.4. The number of carbonyl (C=O) groups is 2. The SMILES string of the molecule is Cc1cnc(-c2cc(OC3CC4(C3)CN(C(=O)O)C4)cc(C(=O)NC(C)c3cnc(C(F)(F)F)nc3)c2)s1. The van der Waals surface area contributed by atoms with E-state index in [4.69, 9.17) is 9.84 Å². The Morgan fingerprint density at radius 3 is 2.42 bits per heavy atom. The van der Waals surface area contributed by atoms with Crippen molar-refractivity contribution in [3.05, 3.63) is 58.6 Å². The number of benzene rings is 1. The zero-order valence-electron chi connectivity index (χ0n) is 20.5. The monoisotopic (exact) mass is 547 g/mol. The van der Waals surface area contributed by atoms with Crippen molar-refractivity contribution in [2.24, 2.45) is 5.41 Å². The average molecular weight is 548 g/mol. The van der Waals surface area contributed by atoms with Crippen molar-refractivity contribution in [3.8, 4) is 16.3 Å². The van der Waals surface area contributed by atoms with E-state index >= 15 is 0 Å². The number of nitrogens with one attached hydrogen (secondary N) is 1. The molecule has 5 rings (SSSR count). The van der Waals surface area contributed by atoms with Gasteiger partial charge in [0.05, 0.1) is 6.04 Å². The van der Waals surface area contributed by atoms with E-state index in [0.717, 1.165) is 30.1 Å². The molecule has 3 heterocycles. The van der Waals surface area contributed by atoms with Crippen LogP contribution < -0.4 is 10.1 Å². The number of aromatic nitrogens is 3. The van der Waals surface area contributed by atoms with Crippen molar-refractivity contribution >= 4 is 23.3 Å². The Labute approximate surface area is 219 Å². The number of thiazole rings is 1. The van der Waals surface area contributed by atoms with E-state index in [9.17, 15) is 22.8 Å². The molecule has 1 spiro atoms. The molecular formula is C25H24F3N5O4S.